The SMILES string of the molecule is O=C1c2c(O)c(=O)c(-c3ncc(Cc4ccc(F)cc4F)s3)cn2CC2OCCCN12. The van der Waals surface area contributed by atoms with E-state index in [2.05, 4.69) is 4.98 Å². The van der Waals surface area contributed by atoms with Crippen molar-refractivity contribution in [1.29, 1.82) is 0 Å². The Morgan fingerprint density at radius 3 is 2.94 bits per heavy atom. The van der Waals surface area contributed by atoms with Crippen LogP contribution in [0.1, 0.15) is 27.3 Å². The third-order valence-electron chi connectivity index (χ3n) is 5.44. The van der Waals surface area contributed by atoms with E-state index in [9.17, 15) is 23.5 Å². The van der Waals surface area contributed by atoms with Crippen molar-refractivity contribution >= 4 is 17.2 Å². The molecule has 1 fully saturated rings. The predicted molar refractivity (Wildman–Crippen MR) is 108 cm³/mol. The maximum atomic E-state index is 14.0. The van der Waals surface area contributed by atoms with E-state index in [1.807, 2.05) is 0 Å². The number of ether oxygens (including phenoxy) is 1. The Hall–Kier alpha value is -3.11. The van der Waals surface area contributed by atoms with E-state index in [1.165, 1.54) is 45.3 Å². The van der Waals surface area contributed by atoms with Crippen molar-refractivity contribution in [3.63, 3.8) is 0 Å². The van der Waals surface area contributed by atoms with E-state index in [4.69, 9.17) is 4.74 Å². The number of amides is 1. The lowest BCUT2D eigenvalue weighted by atomic mass is 10.1. The molecule has 1 aromatic carbocycles. The lowest BCUT2D eigenvalue weighted by molar-refractivity contribution is -0.0919. The Labute approximate surface area is 179 Å². The van der Waals surface area contributed by atoms with Crippen LogP contribution in [0.3, 0.4) is 0 Å². The summed E-state index contributed by atoms with van der Waals surface area (Å²) in [5.74, 6) is -2.37. The number of benzene rings is 1. The van der Waals surface area contributed by atoms with Crippen molar-refractivity contribution in [1.82, 2.24) is 14.5 Å². The monoisotopic (exact) mass is 445 g/mol. The number of carbonyl (C=O) groups is 1. The van der Waals surface area contributed by atoms with Gasteiger partial charge in [0.05, 0.1) is 18.7 Å². The van der Waals surface area contributed by atoms with Gasteiger partial charge in [-0.3, -0.25) is 9.59 Å². The van der Waals surface area contributed by atoms with Crippen LogP contribution in [0.15, 0.2) is 35.4 Å². The number of carbonyl (C=O) groups excluding carboxylic acids is 1. The Kier molecular flexibility index (Phi) is 4.82. The third kappa shape index (κ3) is 3.41. The summed E-state index contributed by atoms with van der Waals surface area (Å²) >= 11 is 1.17. The molecule has 5 rings (SSSR count). The summed E-state index contributed by atoms with van der Waals surface area (Å²) in [6.45, 7) is 1.34. The molecule has 160 valence electrons. The number of thiazole rings is 1. The second kappa shape index (κ2) is 7.54. The van der Waals surface area contributed by atoms with Crippen molar-refractivity contribution in [2.45, 2.75) is 25.6 Å². The molecule has 0 saturated carbocycles. The fourth-order valence-electron chi connectivity index (χ4n) is 3.91. The van der Waals surface area contributed by atoms with Crippen LogP contribution >= 0.6 is 11.3 Å². The van der Waals surface area contributed by atoms with Crippen molar-refractivity contribution in [3.05, 3.63) is 68.6 Å². The average molecular weight is 445 g/mol. The highest BCUT2D eigenvalue weighted by atomic mass is 32.1. The molecule has 2 aliphatic rings. The maximum Gasteiger partial charge on any atom is 0.276 e. The summed E-state index contributed by atoms with van der Waals surface area (Å²) in [6.07, 6.45) is 3.45. The zero-order chi connectivity index (χ0) is 21.7. The maximum absolute atomic E-state index is 14.0. The number of nitrogens with zero attached hydrogens (tertiary/aromatic N) is 3. The van der Waals surface area contributed by atoms with E-state index in [0.717, 1.165) is 6.07 Å². The molecule has 2 aromatic heterocycles. The van der Waals surface area contributed by atoms with Gasteiger partial charge in [0.15, 0.2) is 17.7 Å². The minimum Gasteiger partial charge on any atom is -0.503 e. The summed E-state index contributed by atoms with van der Waals surface area (Å²) in [5, 5.41) is 10.9. The van der Waals surface area contributed by atoms with Gasteiger partial charge in [-0.15, -0.1) is 11.3 Å². The topological polar surface area (TPSA) is 84.7 Å². The molecular formula is C21H17F2N3O4S. The average Bonchev–Trinajstić information content (AvgIpc) is 3.21. The van der Waals surface area contributed by atoms with Crippen molar-refractivity contribution in [3.8, 4) is 16.3 Å². The number of aromatic nitrogens is 2. The van der Waals surface area contributed by atoms with E-state index in [-0.39, 0.29) is 17.7 Å². The molecule has 0 aliphatic carbocycles. The molecule has 0 bridgehead atoms. The Balaban J connectivity index is 1.50. The first-order valence-electron chi connectivity index (χ1n) is 9.70. The molecule has 10 heteroatoms. The van der Waals surface area contributed by atoms with E-state index < -0.39 is 34.9 Å². The summed E-state index contributed by atoms with van der Waals surface area (Å²) < 4.78 is 34.3. The number of aromatic hydroxyl groups is 1. The predicted octanol–water partition coefficient (Wildman–Crippen LogP) is 2.75. The first kappa shape index (κ1) is 19.8. The molecule has 31 heavy (non-hydrogen) atoms. The normalized spacial score (nSPS) is 18.1. The highest BCUT2D eigenvalue weighted by Crippen LogP contribution is 2.31. The summed E-state index contributed by atoms with van der Waals surface area (Å²) in [5.41, 5.74) is -0.290. The zero-order valence-corrected chi connectivity index (χ0v) is 17.0. The quantitative estimate of drug-likeness (QED) is 0.670. The minimum atomic E-state index is -0.690. The first-order valence-corrected chi connectivity index (χ1v) is 10.5. The highest BCUT2D eigenvalue weighted by molar-refractivity contribution is 7.15. The van der Waals surface area contributed by atoms with Gasteiger partial charge in [0, 0.05) is 36.3 Å². The lowest BCUT2D eigenvalue weighted by Gasteiger charge is -2.40. The molecule has 0 radical (unpaired) electrons. The molecule has 0 spiro atoms. The Morgan fingerprint density at radius 1 is 1.29 bits per heavy atom. The summed E-state index contributed by atoms with van der Waals surface area (Å²) in [4.78, 5) is 32.0. The second-order valence-electron chi connectivity index (χ2n) is 7.44. The van der Waals surface area contributed by atoms with Gasteiger partial charge >= 0.3 is 0 Å². The third-order valence-corrected chi connectivity index (χ3v) is 6.47. The molecule has 2 aliphatic heterocycles. The van der Waals surface area contributed by atoms with E-state index >= 15 is 0 Å². The molecule has 1 unspecified atom stereocenters. The molecule has 1 N–H and O–H groups in total. The van der Waals surface area contributed by atoms with Gasteiger partial charge in [-0.25, -0.2) is 13.8 Å². The van der Waals surface area contributed by atoms with Crippen LogP contribution in [0.2, 0.25) is 0 Å². The number of pyridine rings is 1. The van der Waals surface area contributed by atoms with E-state index in [1.54, 1.807) is 0 Å². The van der Waals surface area contributed by atoms with E-state index in [0.29, 0.717) is 41.6 Å². The number of fused-ring (bicyclic) bond motifs is 2. The van der Waals surface area contributed by atoms with Crippen LogP contribution in [-0.2, 0) is 17.7 Å². The standard InChI is InChI=1S/C21H17F2N3O4S/c22-12-3-2-11(15(23)7-12)6-13-8-24-20(31-13)14-9-25-10-16-26(4-1-5-30-16)21(29)17(25)19(28)18(14)27/h2-3,7-9,16,28H,1,4-6,10H2. The number of hydrogen-bond acceptors (Lipinski definition) is 6. The van der Waals surface area contributed by atoms with Crippen LogP contribution in [0.5, 0.6) is 5.75 Å². The van der Waals surface area contributed by atoms with Crippen LogP contribution in [0, 0.1) is 11.6 Å². The fraction of sp³-hybridized carbons (Fsp3) is 0.286. The molecule has 7 nitrogen and oxygen atoms in total. The van der Waals surface area contributed by atoms with Gasteiger partial charge in [-0.1, -0.05) is 6.07 Å². The molecule has 1 atom stereocenters. The number of rotatable bonds is 3. The van der Waals surface area contributed by atoms with Gasteiger partial charge in [-0.05, 0) is 18.1 Å². The van der Waals surface area contributed by atoms with Crippen molar-refractivity contribution < 1.29 is 23.4 Å². The number of hydrogen-bond donors (Lipinski definition) is 1. The molecule has 3 aromatic rings. The van der Waals surface area contributed by atoms with Crippen LogP contribution in [-0.4, -0.2) is 44.8 Å². The molecule has 1 saturated heterocycles. The summed E-state index contributed by atoms with van der Waals surface area (Å²) in [7, 11) is 0. The highest BCUT2D eigenvalue weighted by Gasteiger charge is 2.37. The molecular weight excluding hydrogens is 428 g/mol. The van der Waals surface area contributed by atoms with Crippen molar-refractivity contribution in [2.75, 3.05) is 13.2 Å². The summed E-state index contributed by atoms with van der Waals surface area (Å²) in [6, 6.07) is 3.37. The minimum absolute atomic E-state index is 0.0549. The largest absolute Gasteiger partial charge is 0.503 e. The van der Waals surface area contributed by atoms with Crippen LogP contribution in [0.4, 0.5) is 8.78 Å². The van der Waals surface area contributed by atoms with Crippen LogP contribution in [0.25, 0.3) is 10.6 Å². The fourth-order valence-corrected chi connectivity index (χ4v) is 4.86. The van der Waals surface area contributed by atoms with Crippen molar-refractivity contribution in [2.24, 2.45) is 0 Å². The van der Waals surface area contributed by atoms with Gasteiger partial charge in [-0.2, -0.15) is 0 Å². The van der Waals surface area contributed by atoms with Gasteiger partial charge < -0.3 is 19.3 Å². The molecule has 1 amide bonds. The first-order chi connectivity index (χ1) is 14.9. The Morgan fingerprint density at radius 2 is 2.13 bits per heavy atom. The lowest BCUT2D eigenvalue weighted by Crippen LogP contribution is -2.53. The molecule has 4 heterocycles. The van der Waals surface area contributed by atoms with Crippen LogP contribution < -0.4 is 5.43 Å². The van der Waals surface area contributed by atoms with Gasteiger partial charge in [0.1, 0.15) is 16.6 Å². The second-order valence-corrected chi connectivity index (χ2v) is 8.56. The smallest absolute Gasteiger partial charge is 0.276 e. The van der Waals surface area contributed by atoms with Gasteiger partial charge in [0.25, 0.3) is 5.91 Å². The Bertz CT molecular complexity index is 1260. The zero-order valence-electron chi connectivity index (χ0n) is 16.2. The number of halogens is 2. The van der Waals surface area contributed by atoms with Gasteiger partial charge in [0.2, 0.25) is 5.43 Å².